The average molecular weight is 370 g/mol. The van der Waals surface area contributed by atoms with Gasteiger partial charge in [0.2, 0.25) is 0 Å². The summed E-state index contributed by atoms with van der Waals surface area (Å²) < 4.78 is 11.3. The number of benzene rings is 1. The quantitative estimate of drug-likeness (QED) is 0.712. The van der Waals surface area contributed by atoms with Gasteiger partial charge in [-0.25, -0.2) is 9.78 Å². The minimum Gasteiger partial charge on any atom is -0.483 e. The normalized spacial score (nSPS) is 13.4. The van der Waals surface area contributed by atoms with Gasteiger partial charge in [-0.2, -0.15) is 0 Å². The summed E-state index contributed by atoms with van der Waals surface area (Å²) >= 11 is 1.35. The summed E-state index contributed by atoms with van der Waals surface area (Å²) in [6.07, 6.45) is 5.20. The molecule has 2 heterocycles. The van der Waals surface area contributed by atoms with E-state index in [1.54, 1.807) is 11.6 Å². The molecule has 26 heavy (non-hydrogen) atoms. The number of aryl methyl sites for hydroxylation is 2. The molecule has 6 nitrogen and oxygen atoms in total. The molecule has 3 aromatic rings. The molecule has 0 saturated heterocycles. The Kier molecular flexibility index (Phi) is 4.46. The molecule has 1 aliphatic rings. The van der Waals surface area contributed by atoms with Crippen molar-refractivity contribution in [3.05, 3.63) is 50.8 Å². The lowest BCUT2D eigenvalue weighted by Gasteiger charge is -2.18. The monoisotopic (exact) mass is 370 g/mol. The van der Waals surface area contributed by atoms with Crippen LogP contribution in [0.5, 0.6) is 5.75 Å². The first-order valence-corrected chi connectivity index (χ1v) is 9.41. The second kappa shape index (κ2) is 6.92. The number of thiazole rings is 1. The SMILES string of the molecule is Cc1cc(OCC(=O)Nc2nccs2)c2c3c(c(=O)oc2c1)CCCC3. The summed E-state index contributed by atoms with van der Waals surface area (Å²) in [4.78, 5) is 28.4. The van der Waals surface area contributed by atoms with Crippen molar-refractivity contribution in [1.29, 1.82) is 0 Å². The van der Waals surface area contributed by atoms with Gasteiger partial charge in [-0.1, -0.05) is 0 Å². The summed E-state index contributed by atoms with van der Waals surface area (Å²) in [6, 6.07) is 3.72. The number of carbonyl (C=O) groups excluding carboxylic acids is 1. The molecule has 1 aromatic carbocycles. The Hall–Kier alpha value is -2.67. The third-order valence-corrected chi connectivity index (χ3v) is 5.15. The Balaban J connectivity index is 1.67. The van der Waals surface area contributed by atoms with Crippen LogP contribution in [0, 0.1) is 6.92 Å². The molecular formula is C19H18N2O4S. The maximum atomic E-state index is 12.3. The predicted molar refractivity (Wildman–Crippen MR) is 100 cm³/mol. The van der Waals surface area contributed by atoms with Crippen LogP contribution in [0.4, 0.5) is 5.13 Å². The van der Waals surface area contributed by atoms with Gasteiger partial charge in [0.1, 0.15) is 11.3 Å². The van der Waals surface area contributed by atoms with Crippen molar-refractivity contribution in [2.45, 2.75) is 32.6 Å². The number of hydrogen-bond acceptors (Lipinski definition) is 6. The van der Waals surface area contributed by atoms with Crippen LogP contribution >= 0.6 is 11.3 Å². The summed E-state index contributed by atoms with van der Waals surface area (Å²) in [6.45, 7) is 1.77. The zero-order valence-electron chi connectivity index (χ0n) is 14.3. The van der Waals surface area contributed by atoms with Gasteiger partial charge in [0.25, 0.3) is 5.91 Å². The van der Waals surface area contributed by atoms with Crippen LogP contribution in [0.1, 0.15) is 29.5 Å². The number of fused-ring (bicyclic) bond motifs is 3. The molecule has 4 rings (SSSR count). The molecule has 0 atom stereocenters. The standard InChI is InChI=1S/C19H18N2O4S/c1-11-8-14(24-10-16(22)21-19-20-6-7-26-19)17-12-4-2-3-5-13(12)18(23)25-15(17)9-11/h6-9H,2-5,10H2,1H3,(H,20,21,22). The van der Waals surface area contributed by atoms with Crippen LogP contribution in [-0.2, 0) is 17.6 Å². The number of ether oxygens (including phenoxy) is 1. The van der Waals surface area contributed by atoms with E-state index in [1.165, 1.54) is 11.3 Å². The number of amides is 1. The van der Waals surface area contributed by atoms with E-state index >= 15 is 0 Å². The van der Waals surface area contributed by atoms with Gasteiger partial charge in [-0.05, 0) is 55.9 Å². The molecule has 0 aliphatic heterocycles. The Morgan fingerprint density at radius 1 is 1.31 bits per heavy atom. The van der Waals surface area contributed by atoms with Gasteiger partial charge >= 0.3 is 5.63 Å². The summed E-state index contributed by atoms with van der Waals surface area (Å²) in [5.74, 6) is 0.303. The molecule has 0 spiro atoms. The number of rotatable bonds is 4. The summed E-state index contributed by atoms with van der Waals surface area (Å²) in [7, 11) is 0. The van der Waals surface area contributed by atoms with Gasteiger partial charge in [-0.15, -0.1) is 11.3 Å². The van der Waals surface area contributed by atoms with Crippen LogP contribution in [0.2, 0.25) is 0 Å². The minimum atomic E-state index is -0.277. The fourth-order valence-electron chi connectivity index (χ4n) is 3.36. The molecule has 0 saturated carbocycles. The number of hydrogen-bond donors (Lipinski definition) is 1. The molecule has 1 amide bonds. The summed E-state index contributed by atoms with van der Waals surface area (Å²) in [5.41, 5.74) is 2.91. The van der Waals surface area contributed by atoms with E-state index in [4.69, 9.17) is 9.15 Å². The Labute approximate surface area is 153 Å². The third-order valence-electron chi connectivity index (χ3n) is 4.47. The molecule has 0 radical (unpaired) electrons. The van der Waals surface area contributed by atoms with Crippen LogP contribution in [0.15, 0.2) is 32.9 Å². The molecule has 0 unspecified atom stereocenters. The van der Waals surface area contributed by atoms with Crippen molar-refractivity contribution in [1.82, 2.24) is 4.98 Å². The lowest BCUT2D eigenvalue weighted by molar-refractivity contribution is -0.118. The molecule has 0 fully saturated rings. The van der Waals surface area contributed by atoms with E-state index in [2.05, 4.69) is 10.3 Å². The highest BCUT2D eigenvalue weighted by atomic mass is 32.1. The third kappa shape index (κ3) is 3.22. The van der Waals surface area contributed by atoms with Crippen LogP contribution in [0.3, 0.4) is 0 Å². The molecule has 7 heteroatoms. The van der Waals surface area contributed by atoms with Crippen LogP contribution in [-0.4, -0.2) is 17.5 Å². The van der Waals surface area contributed by atoms with Gasteiger partial charge in [0.15, 0.2) is 11.7 Å². The van der Waals surface area contributed by atoms with E-state index in [-0.39, 0.29) is 18.1 Å². The smallest absolute Gasteiger partial charge is 0.339 e. The number of aromatic nitrogens is 1. The number of nitrogens with zero attached hydrogens (tertiary/aromatic N) is 1. The van der Waals surface area contributed by atoms with E-state index in [9.17, 15) is 9.59 Å². The Morgan fingerprint density at radius 3 is 2.88 bits per heavy atom. The Bertz CT molecular complexity index is 1020. The first-order valence-electron chi connectivity index (χ1n) is 8.53. The van der Waals surface area contributed by atoms with Crippen molar-refractivity contribution < 1.29 is 13.9 Å². The fraction of sp³-hybridized carbons (Fsp3) is 0.316. The van der Waals surface area contributed by atoms with Crippen molar-refractivity contribution in [3.63, 3.8) is 0 Å². The van der Waals surface area contributed by atoms with Crippen molar-refractivity contribution in [2.24, 2.45) is 0 Å². The number of anilines is 1. The summed E-state index contributed by atoms with van der Waals surface area (Å²) in [5, 5.41) is 5.84. The van der Waals surface area contributed by atoms with Crippen molar-refractivity contribution >= 4 is 33.3 Å². The topological polar surface area (TPSA) is 81.4 Å². The molecular weight excluding hydrogens is 352 g/mol. The lowest BCUT2D eigenvalue weighted by Crippen LogP contribution is -2.21. The highest BCUT2D eigenvalue weighted by Gasteiger charge is 2.21. The maximum Gasteiger partial charge on any atom is 0.339 e. The average Bonchev–Trinajstić information content (AvgIpc) is 3.12. The molecule has 1 aliphatic carbocycles. The van der Waals surface area contributed by atoms with E-state index in [0.29, 0.717) is 16.5 Å². The largest absolute Gasteiger partial charge is 0.483 e. The maximum absolute atomic E-state index is 12.3. The highest BCUT2D eigenvalue weighted by Crippen LogP contribution is 2.34. The zero-order chi connectivity index (χ0) is 18.1. The second-order valence-electron chi connectivity index (χ2n) is 6.36. The molecule has 2 aromatic heterocycles. The first kappa shape index (κ1) is 16.8. The van der Waals surface area contributed by atoms with Gasteiger partial charge in [-0.3, -0.25) is 10.1 Å². The lowest BCUT2D eigenvalue weighted by atomic mass is 9.90. The van der Waals surface area contributed by atoms with E-state index in [1.807, 2.05) is 19.1 Å². The van der Waals surface area contributed by atoms with Crippen LogP contribution in [0.25, 0.3) is 11.0 Å². The van der Waals surface area contributed by atoms with Gasteiger partial charge in [0, 0.05) is 17.1 Å². The molecule has 134 valence electrons. The molecule has 0 bridgehead atoms. The zero-order valence-corrected chi connectivity index (χ0v) is 15.1. The van der Waals surface area contributed by atoms with Crippen LogP contribution < -0.4 is 15.7 Å². The fourth-order valence-corrected chi connectivity index (χ4v) is 3.91. The highest BCUT2D eigenvalue weighted by molar-refractivity contribution is 7.13. The van der Waals surface area contributed by atoms with Crippen molar-refractivity contribution in [3.8, 4) is 5.75 Å². The van der Waals surface area contributed by atoms with E-state index in [0.717, 1.165) is 47.8 Å². The van der Waals surface area contributed by atoms with Gasteiger partial charge in [0.05, 0.1) is 5.39 Å². The number of carbonyl (C=O) groups is 1. The predicted octanol–water partition coefficient (Wildman–Crippen LogP) is 3.45. The number of nitrogens with one attached hydrogen (secondary N) is 1. The van der Waals surface area contributed by atoms with Crippen molar-refractivity contribution in [2.75, 3.05) is 11.9 Å². The Morgan fingerprint density at radius 2 is 2.12 bits per heavy atom. The molecule has 1 N–H and O–H groups in total. The first-order chi connectivity index (χ1) is 12.6. The minimum absolute atomic E-state index is 0.133. The van der Waals surface area contributed by atoms with Gasteiger partial charge < -0.3 is 9.15 Å². The van der Waals surface area contributed by atoms with E-state index < -0.39 is 0 Å². The second-order valence-corrected chi connectivity index (χ2v) is 7.26.